The lowest BCUT2D eigenvalue weighted by molar-refractivity contribution is 0.0950. The van der Waals surface area contributed by atoms with Gasteiger partial charge < -0.3 is 5.32 Å². The first-order valence-electron chi connectivity index (χ1n) is 5.48. The normalized spacial score (nSPS) is 10.1. The number of hydrogen-bond acceptors (Lipinski definition) is 3. The number of rotatable bonds is 3. The van der Waals surface area contributed by atoms with Gasteiger partial charge in [0.15, 0.2) is 0 Å². The number of benzene rings is 1. The maximum Gasteiger partial charge on any atom is 0.251 e. The maximum absolute atomic E-state index is 12.9. The van der Waals surface area contributed by atoms with Gasteiger partial charge in [0, 0.05) is 5.56 Å². The minimum absolute atomic E-state index is 0.266. The third-order valence-electron chi connectivity index (χ3n) is 2.37. The molecule has 0 unspecified atom stereocenters. The molecule has 0 fully saturated rings. The fraction of sp³-hybridized carbons (Fsp3) is 0.154. The van der Waals surface area contributed by atoms with E-state index in [9.17, 15) is 9.18 Å². The van der Waals surface area contributed by atoms with Gasteiger partial charge in [-0.2, -0.15) is 10.2 Å². The molecule has 0 aliphatic heterocycles. The van der Waals surface area contributed by atoms with Crippen molar-refractivity contribution in [3.63, 3.8) is 0 Å². The van der Waals surface area contributed by atoms with Gasteiger partial charge in [-0.3, -0.25) is 4.79 Å². The summed E-state index contributed by atoms with van der Waals surface area (Å²) >= 11 is 0. The van der Waals surface area contributed by atoms with Crippen LogP contribution in [0.15, 0.2) is 36.4 Å². The molecular weight excluding hydrogens is 233 g/mol. The van der Waals surface area contributed by atoms with Crippen molar-refractivity contribution in [3.05, 3.63) is 59.2 Å². The van der Waals surface area contributed by atoms with Crippen molar-refractivity contribution in [1.29, 1.82) is 0 Å². The summed E-state index contributed by atoms with van der Waals surface area (Å²) in [5.41, 5.74) is 1.76. The van der Waals surface area contributed by atoms with E-state index < -0.39 is 5.82 Å². The molecule has 0 aliphatic carbocycles. The van der Waals surface area contributed by atoms with Crippen LogP contribution in [0.5, 0.6) is 0 Å². The van der Waals surface area contributed by atoms with Crippen molar-refractivity contribution < 1.29 is 9.18 Å². The topological polar surface area (TPSA) is 54.9 Å². The van der Waals surface area contributed by atoms with E-state index in [1.165, 1.54) is 18.2 Å². The predicted molar refractivity (Wildman–Crippen MR) is 64.3 cm³/mol. The smallest absolute Gasteiger partial charge is 0.251 e. The molecule has 2 aromatic rings. The van der Waals surface area contributed by atoms with E-state index in [1.54, 1.807) is 12.1 Å². The Labute approximate surface area is 104 Å². The average molecular weight is 245 g/mol. The van der Waals surface area contributed by atoms with Gasteiger partial charge in [-0.05, 0) is 37.3 Å². The number of amides is 1. The Morgan fingerprint density at radius 1 is 1.28 bits per heavy atom. The fourth-order valence-corrected chi connectivity index (χ4v) is 1.42. The summed E-state index contributed by atoms with van der Waals surface area (Å²) < 4.78 is 12.9. The van der Waals surface area contributed by atoms with E-state index >= 15 is 0 Å². The highest BCUT2D eigenvalue weighted by Crippen LogP contribution is 2.03. The summed E-state index contributed by atoms with van der Waals surface area (Å²) in [7, 11) is 0. The van der Waals surface area contributed by atoms with E-state index in [4.69, 9.17) is 0 Å². The highest BCUT2D eigenvalue weighted by Gasteiger charge is 2.06. The zero-order chi connectivity index (χ0) is 13.0. The lowest BCUT2D eigenvalue weighted by Gasteiger charge is -2.04. The van der Waals surface area contributed by atoms with Crippen LogP contribution >= 0.6 is 0 Å². The maximum atomic E-state index is 12.9. The zero-order valence-corrected chi connectivity index (χ0v) is 9.85. The Hall–Kier alpha value is -2.30. The van der Waals surface area contributed by atoms with Crippen LogP contribution in [0.4, 0.5) is 4.39 Å². The molecule has 18 heavy (non-hydrogen) atoms. The van der Waals surface area contributed by atoms with Crippen molar-refractivity contribution >= 4 is 5.91 Å². The molecule has 1 amide bonds. The van der Waals surface area contributed by atoms with Gasteiger partial charge in [-0.25, -0.2) is 4.39 Å². The molecule has 5 heteroatoms. The molecule has 0 atom stereocenters. The molecule has 0 aliphatic rings. The van der Waals surface area contributed by atoms with Crippen LogP contribution < -0.4 is 5.32 Å². The van der Waals surface area contributed by atoms with Crippen molar-refractivity contribution in [2.45, 2.75) is 13.5 Å². The monoisotopic (exact) mass is 245 g/mol. The standard InChI is InChI=1S/C13H12FN3O/c1-9-5-6-12(17-16-9)8-15-13(18)10-3-2-4-11(14)7-10/h2-7H,8H2,1H3,(H,15,18). The number of halogens is 1. The Morgan fingerprint density at radius 3 is 2.78 bits per heavy atom. The number of hydrogen-bond donors (Lipinski definition) is 1. The molecule has 1 aromatic heterocycles. The lowest BCUT2D eigenvalue weighted by atomic mass is 10.2. The van der Waals surface area contributed by atoms with Crippen LogP contribution in [0.3, 0.4) is 0 Å². The van der Waals surface area contributed by atoms with E-state index in [2.05, 4.69) is 15.5 Å². The molecule has 0 saturated carbocycles. The van der Waals surface area contributed by atoms with Crippen LogP contribution in [0, 0.1) is 12.7 Å². The fourth-order valence-electron chi connectivity index (χ4n) is 1.42. The van der Waals surface area contributed by atoms with Gasteiger partial charge in [0.2, 0.25) is 0 Å². The first-order chi connectivity index (χ1) is 8.65. The van der Waals surface area contributed by atoms with Gasteiger partial charge in [0.25, 0.3) is 5.91 Å². The number of aromatic nitrogens is 2. The average Bonchev–Trinajstić information content (AvgIpc) is 2.38. The predicted octanol–water partition coefficient (Wildman–Crippen LogP) is 1.85. The summed E-state index contributed by atoms with van der Waals surface area (Å²) in [5.74, 6) is -0.769. The summed E-state index contributed by atoms with van der Waals surface area (Å²) in [6.45, 7) is 2.10. The minimum atomic E-state index is -0.433. The molecule has 0 radical (unpaired) electrons. The molecule has 0 spiro atoms. The second-order valence-corrected chi connectivity index (χ2v) is 3.86. The second kappa shape index (κ2) is 5.35. The molecular formula is C13H12FN3O. The molecule has 1 N–H and O–H groups in total. The summed E-state index contributed by atoms with van der Waals surface area (Å²) in [4.78, 5) is 11.7. The first kappa shape index (κ1) is 12.2. The highest BCUT2D eigenvalue weighted by molar-refractivity contribution is 5.94. The zero-order valence-electron chi connectivity index (χ0n) is 9.85. The Bertz CT molecular complexity index is 554. The van der Waals surface area contributed by atoms with E-state index in [0.717, 1.165) is 5.69 Å². The summed E-state index contributed by atoms with van der Waals surface area (Å²) in [6.07, 6.45) is 0. The molecule has 0 saturated heterocycles. The van der Waals surface area contributed by atoms with Crippen LogP contribution in [0.25, 0.3) is 0 Å². The van der Waals surface area contributed by atoms with E-state index in [1.807, 2.05) is 13.0 Å². The SMILES string of the molecule is Cc1ccc(CNC(=O)c2cccc(F)c2)nn1. The lowest BCUT2D eigenvalue weighted by Crippen LogP contribution is -2.23. The van der Waals surface area contributed by atoms with Crippen molar-refractivity contribution in [2.75, 3.05) is 0 Å². The van der Waals surface area contributed by atoms with Gasteiger partial charge in [0.1, 0.15) is 5.82 Å². The molecule has 0 bridgehead atoms. The van der Waals surface area contributed by atoms with Gasteiger partial charge in [-0.15, -0.1) is 0 Å². The molecule has 1 aromatic carbocycles. The summed E-state index contributed by atoms with van der Waals surface area (Å²) in [6, 6.07) is 9.14. The van der Waals surface area contributed by atoms with Crippen LogP contribution in [-0.2, 0) is 6.54 Å². The third-order valence-corrected chi connectivity index (χ3v) is 2.37. The van der Waals surface area contributed by atoms with Crippen LogP contribution in [-0.4, -0.2) is 16.1 Å². The number of nitrogens with one attached hydrogen (secondary N) is 1. The van der Waals surface area contributed by atoms with Crippen LogP contribution in [0.2, 0.25) is 0 Å². The van der Waals surface area contributed by atoms with E-state index in [-0.39, 0.29) is 18.0 Å². The first-order valence-corrected chi connectivity index (χ1v) is 5.48. The van der Waals surface area contributed by atoms with Crippen molar-refractivity contribution in [1.82, 2.24) is 15.5 Å². The number of nitrogens with zero attached hydrogens (tertiary/aromatic N) is 2. The Balaban J connectivity index is 1.98. The minimum Gasteiger partial charge on any atom is -0.346 e. The largest absolute Gasteiger partial charge is 0.346 e. The van der Waals surface area contributed by atoms with Gasteiger partial charge in [-0.1, -0.05) is 6.07 Å². The van der Waals surface area contributed by atoms with E-state index in [0.29, 0.717) is 5.69 Å². The third kappa shape index (κ3) is 3.10. The highest BCUT2D eigenvalue weighted by atomic mass is 19.1. The number of carbonyl (C=O) groups excluding carboxylic acids is 1. The van der Waals surface area contributed by atoms with Crippen molar-refractivity contribution in [3.8, 4) is 0 Å². The van der Waals surface area contributed by atoms with Gasteiger partial charge in [0.05, 0.1) is 17.9 Å². The quantitative estimate of drug-likeness (QED) is 0.897. The number of carbonyl (C=O) groups is 1. The second-order valence-electron chi connectivity index (χ2n) is 3.86. The molecule has 92 valence electrons. The van der Waals surface area contributed by atoms with Gasteiger partial charge >= 0.3 is 0 Å². The summed E-state index contributed by atoms with van der Waals surface area (Å²) in [5, 5.41) is 10.5. The van der Waals surface area contributed by atoms with Crippen molar-refractivity contribution in [2.24, 2.45) is 0 Å². The molecule has 1 heterocycles. The molecule has 4 nitrogen and oxygen atoms in total. The Morgan fingerprint density at radius 2 is 2.11 bits per heavy atom. The number of aryl methyl sites for hydroxylation is 1. The Kier molecular flexibility index (Phi) is 3.62. The molecule has 2 rings (SSSR count). The van der Waals surface area contributed by atoms with Crippen LogP contribution in [0.1, 0.15) is 21.7 Å².